The molecule has 1 aliphatic carbocycles. The highest BCUT2D eigenvalue weighted by Gasteiger charge is 2.62. The minimum Gasteiger partial charge on any atom is -0.351 e. The van der Waals surface area contributed by atoms with Gasteiger partial charge in [0.2, 0.25) is 0 Å². The van der Waals surface area contributed by atoms with Gasteiger partial charge in [0, 0.05) is 23.6 Å². The molecule has 4 rings (SSSR count). The van der Waals surface area contributed by atoms with E-state index in [2.05, 4.69) is 5.32 Å². The number of carbonyl (C=O) groups is 1. The fourth-order valence-corrected chi connectivity index (χ4v) is 4.22. The molecule has 0 radical (unpaired) electrons. The van der Waals surface area contributed by atoms with E-state index < -0.39 is 17.0 Å². The average molecular weight is 391 g/mol. The summed E-state index contributed by atoms with van der Waals surface area (Å²) in [5, 5.41) is 2.96. The smallest absolute Gasteiger partial charge is 0.251 e. The minimum absolute atomic E-state index is 0.171. The summed E-state index contributed by atoms with van der Waals surface area (Å²) in [6.07, 6.45) is 0.732. The quantitative estimate of drug-likeness (QED) is 0.591. The van der Waals surface area contributed by atoms with E-state index >= 15 is 0 Å². The number of amides is 1. The predicted octanol–water partition coefficient (Wildman–Crippen LogP) is 5.73. The lowest BCUT2D eigenvalue weighted by atomic mass is 9.87. The third-order valence-corrected chi connectivity index (χ3v) is 6.17. The monoisotopic (exact) mass is 391 g/mol. The SMILES string of the molecule is CC1(C)CC1(CNC(=O)c1ccc(-c2ccccc2)cc1)c1ccc(F)cc1F. The van der Waals surface area contributed by atoms with Gasteiger partial charge in [0.1, 0.15) is 11.6 Å². The van der Waals surface area contributed by atoms with Crippen LogP contribution in [0.4, 0.5) is 8.78 Å². The molecule has 29 heavy (non-hydrogen) atoms. The van der Waals surface area contributed by atoms with Gasteiger partial charge in [-0.3, -0.25) is 4.79 Å². The Balaban J connectivity index is 1.50. The van der Waals surface area contributed by atoms with Crippen molar-refractivity contribution in [3.63, 3.8) is 0 Å². The molecular weight excluding hydrogens is 368 g/mol. The topological polar surface area (TPSA) is 29.1 Å². The maximum absolute atomic E-state index is 14.4. The number of halogens is 2. The third kappa shape index (κ3) is 3.55. The zero-order valence-corrected chi connectivity index (χ0v) is 16.5. The number of nitrogens with one attached hydrogen (secondary N) is 1. The molecule has 4 heteroatoms. The van der Waals surface area contributed by atoms with Crippen LogP contribution in [0, 0.1) is 17.0 Å². The minimum atomic E-state index is -0.595. The third-order valence-electron chi connectivity index (χ3n) is 6.17. The Hall–Kier alpha value is -3.01. The molecule has 1 N–H and O–H groups in total. The molecule has 0 heterocycles. The van der Waals surface area contributed by atoms with Crippen LogP contribution < -0.4 is 5.32 Å². The van der Waals surface area contributed by atoms with E-state index in [1.807, 2.05) is 56.3 Å². The fraction of sp³-hybridized carbons (Fsp3) is 0.240. The summed E-state index contributed by atoms with van der Waals surface area (Å²) in [5.74, 6) is -1.35. The van der Waals surface area contributed by atoms with Crippen molar-refractivity contribution in [3.05, 3.63) is 95.6 Å². The van der Waals surface area contributed by atoms with Gasteiger partial charge in [-0.2, -0.15) is 0 Å². The van der Waals surface area contributed by atoms with Gasteiger partial charge in [-0.1, -0.05) is 62.4 Å². The Morgan fingerprint density at radius 3 is 2.14 bits per heavy atom. The highest BCUT2D eigenvalue weighted by molar-refractivity contribution is 5.94. The van der Waals surface area contributed by atoms with Gasteiger partial charge in [-0.05, 0) is 46.7 Å². The van der Waals surface area contributed by atoms with E-state index in [0.717, 1.165) is 23.6 Å². The summed E-state index contributed by atoms with van der Waals surface area (Å²) in [4.78, 5) is 12.7. The molecule has 1 amide bonds. The van der Waals surface area contributed by atoms with Crippen LogP contribution >= 0.6 is 0 Å². The number of carbonyl (C=O) groups excluding carboxylic acids is 1. The Labute approximate surface area is 169 Å². The first kappa shape index (κ1) is 19.3. The highest BCUT2D eigenvalue weighted by atomic mass is 19.1. The lowest BCUT2D eigenvalue weighted by molar-refractivity contribution is 0.0947. The maximum Gasteiger partial charge on any atom is 0.251 e. The van der Waals surface area contributed by atoms with Crippen molar-refractivity contribution in [2.24, 2.45) is 5.41 Å². The van der Waals surface area contributed by atoms with Crippen LogP contribution in [-0.4, -0.2) is 12.5 Å². The molecule has 0 spiro atoms. The lowest BCUT2D eigenvalue weighted by Gasteiger charge is -2.22. The second kappa shape index (κ2) is 7.11. The normalized spacial score (nSPS) is 19.6. The second-order valence-corrected chi connectivity index (χ2v) is 8.39. The summed E-state index contributed by atoms with van der Waals surface area (Å²) in [6.45, 7) is 4.38. The Kier molecular flexibility index (Phi) is 4.73. The number of benzene rings is 3. The van der Waals surface area contributed by atoms with E-state index in [1.165, 1.54) is 12.1 Å². The molecule has 0 bridgehead atoms. The van der Waals surface area contributed by atoms with Crippen LogP contribution in [0.3, 0.4) is 0 Å². The Morgan fingerprint density at radius 1 is 0.931 bits per heavy atom. The van der Waals surface area contributed by atoms with E-state index in [9.17, 15) is 13.6 Å². The molecule has 1 unspecified atom stereocenters. The Morgan fingerprint density at radius 2 is 1.55 bits per heavy atom. The summed E-state index contributed by atoms with van der Waals surface area (Å²) in [6, 6.07) is 21.1. The van der Waals surface area contributed by atoms with Crippen molar-refractivity contribution in [1.29, 1.82) is 0 Å². The predicted molar refractivity (Wildman–Crippen MR) is 111 cm³/mol. The molecule has 3 aromatic rings. The van der Waals surface area contributed by atoms with Gasteiger partial charge in [-0.25, -0.2) is 8.78 Å². The lowest BCUT2D eigenvalue weighted by Crippen LogP contribution is -2.35. The molecule has 2 nitrogen and oxygen atoms in total. The molecule has 0 aromatic heterocycles. The van der Waals surface area contributed by atoms with E-state index in [4.69, 9.17) is 0 Å². The van der Waals surface area contributed by atoms with Crippen molar-refractivity contribution in [3.8, 4) is 11.1 Å². The van der Waals surface area contributed by atoms with Crippen LogP contribution in [0.2, 0.25) is 0 Å². The van der Waals surface area contributed by atoms with Crippen LogP contribution in [0.25, 0.3) is 11.1 Å². The van der Waals surface area contributed by atoms with Gasteiger partial charge < -0.3 is 5.32 Å². The average Bonchev–Trinajstić information content (AvgIpc) is 3.28. The second-order valence-electron chi connectivity index (χ2n) is 8.39. The first-order valence-corrected chi connectivity index (χ1v) is 9.72. The number of hydrogen-bond acceptors (Lipinski definition) is 1. The van der Waals surface area contributed by atoms with Gasteiger partial charge in [0.25, 0.3) is 5.91 Å². The molecule has 0 saturated heterocycles. The molecule has 3 aromatic carbocycles. The molecule has 148 valence electrons. The zero-order valence-electron chi connectivity index (χ0n) is 16.5. The van der Waals surface area contributed by atoms with Crippen LogP contribution in [0.1, 0.15) is 36.2 Å². The molecule has 1 saturated carbocycles. The van der Waals surface area contributed by atoms with Crippen molar-refractivity contribution in [2.75, 3.05) is 6.54 Å². The highest BCUT2D eigenvalue weighted by Crippen LogP contribution is 2.64. The van der Waals surface area contributed by atoms with Gasteiger partial charge in [0.05, 0.1) is 0 Å². The number of rotatable bonds is 5. The van der Waals surface area contributed by atoms with E-state index in [1.54, 1.807) is 12.1 Å². The molecule has 0 aliphatic heterocycles. The van der Waals surface area contributed by atoms with Crippen LogP contribution in [-0.2, 0) is 5.41 Å². The Bertz CT molecular complexity index is 1040. The van der Waals surface area contributed by atoms with Crippen LogP contribution in [0.15, 0.2) is 72.8 Å². The largest absolute Gasteiger partial charge is 0.351 e. The molecule has 1 atom stereocenters. The molecular formula is C25H23F2NO. The summed E-state index contributed by atoms with van der Waals surface area (Å²) in [7, 11) is 0. The summed E-state index contributed by atoms with van der Waals surface area (Å²) in [5.41, 5.74) is 2.45. The van der Waals surface area contributed by atoms with Crippen molar-refractivity contribution in [1.82, 2.24) is 5.32 Å². The fourth-order valence-electron chi connectivity index (χ4n) is 4.22. The van der Waals surface area contributed by atoms with Crippen molar-refractivity contribution in [2.45, 2.75) is 25.7 Å². The number of hydrogen-bond donors (Lipinski definition) is 1. The summed E-state index contributed by atoms with van der Waals surface area (Å²) >= 11 is 0. The summed E-state index contributed by atoms with van der Waals surface area (Å²) < 4.78 is 27.8. The van der Waals surface area contributed by atoms with Gasteiger partial charge >= 0.3 is 0 Å². The zero-order chi connectivity index (χ0) is 20.6. The van der Waals surface area contributed by atoms with E-state index in [-0.39, 0.29) is 11.3 Å². The van der Waals surface area contributed by atoms with Gasteiger partial charge in [0.15, 0.2) is 0 Å². The maximum atomic E-state index is 14.4. The molecule has 1 fully saturated rings. The van der Waals surface area contributed by atoms with E-state index in [0.29, 0.717) is 17.7 Å². The van der Waals surface area contributed by atoms with Crippen molar-refractivity contribution >= 4 is 5.91 Å². The van der Waals surface area contributed by atoms with Gasteiger partial charge in [-0.15, -0.1) is 0 Å². The molecule has 1 aliphatic rings. The van der Waals surface area contributed by atoms with Crippen LogP contribution in [0.5, 0.6) is 0 Å². The first-order chi connectivity index (χ1) is 13.8. The van der Waals surface area contributed by atoms with Crippen molar-refractivity contribution < 1.29 is 13.6 Å². The first-order valence-electron chi connectivity index (χ1n) is 9.72. The standard InChI is InChI=1S/C25H23F2NO/c1-24(2)15-25(24,21-13-12-20(26)14-22(21)27)16-28-23(29)19-10-8-18(9-11-19)17-6-4-3-5-7-17/h3-14H,15-16H2,1-2H3,(H,28,29).